The van der Waals surface area contributed by atoms with Crippen LogP contribution in [0, 0.1) is 0 Å². The van der Waals surface area contributed by atoms with Gasteiger partial charge < -0.3 is 15.4 Å². The Balaban J connectivity index is 0.000000153. The number of ether oxygens (including phenoxy) is 1. The Morgan fingerprint density at radius 2 is 2.18 bits per heavy atom. The van der Waals surface area contributed by atoms with E-state index in [0.717, 1.165) is 6.54 Å². The van der Waals surface area contributed by atoms with Gasteiger partial charge in [-0.1, -0.05) is 18.2 Å². The number of fused-ring (bicyclic) bond motifs is 1. The molecule has 92 valence electrons. The molecule has 0 amide bonds. The van der Waals surface area contributed by atoms with E-state index in [9.17, 15) is 0 Å². The van der Waals surface area contributed by atoms with Gasteiger partial charge in [0.2, 0.25) is 0 Å². The molecular formula is C13H19N3O. The molecule has 2 aliphatic rings. The zero-order valence-corrected chi connectivity index (χ0v) is 10.2. The Labute approximate surface area is 102 Å². The van der Waals surface area contributed by atoms with Gasteiger partial charge in [-0.25, -0.2) is 4.99 Å². The van der Waals surface area contributed by atoms with E-state index in [1.54, 1.807) is 0 Å². The van der Waals surface area contributed by atoms with Crippen LogP contribution >= 0.6 is 0 Å². The highest BCUT2D eigenvalue weighted by Gasteiger charge is 2.11. The van der Waals surface area contributed by atoms with E-state index in [-0.39, 0.29) is 0 Å². The molecule has 0 atom stereocenters. The third-order valence-corrected chi connectivity index (χ3v) is 2.95. The van der Waals surface area contributed by atoms with Crippen LogP contribution in [0.2, 0.25) is 0 Å². The lowest BCUT2D eigenvalue weighted by Crippen LogP contribution is -2.24. The Morgan fingerprint density at radius 3 is 2.76 bits per heavy atom. The van der Waals surface area contributed by atoms with Crippen molar-refractivity contribution in [3.8, 4) is 0 Å². The standard InChI is InChI=1S/C10H13N.C3H6N2O/c1-11-8-4-6-9-5-2-3-7-10(9)11;4-3-5-1-2-6-3/h2-3,5,7H,4,6,8H2,1H3;1-2H2,(H2,4,5). The Bertz CT molecular complexity index is 403. The van der Waals surface area contributed by atoms with E-state index >= 15 is 0 Å². The summed E-state index contributed by atoms with van der Waals surface area (Å²) in [4.78, 5) is 6.04. The molecule has 1 aromatic carbocycles. The van der Waals surface area contributed by atoms with Crippen LogP contribution in [0.25, 0.3) is 0 Å². The summed E-state index contributed by atoms with van der Waals surface area (Å²) < 4.78 is 4.68. The molecule has 4 heteroatoms. The number of aryl methyl sites for hydroxylation is 1. The van der Waals surface area contributed by atoms with Gasteiger partial charge in [-0.3, -0.25) is 0 Å². The normalized spacial score (nSPS) is 17.5. The third kappa shape index (κ3) is 3.12. The number of hydrogen-bond donors (Lipinski definition) is 1. The molecule has 0 bridgehead atoms. The second-order valence-corrected chi connectivity index (χ2v) is 4.22. The van der Waals surface area contributed by atoms with Crippen LogP contribution in [0.15, 0.2) is 29.3 Å². The van der Waals surface area contributed by atoms with Crippen LogP contribution in [0.4, 0.5) is 5.69 Å². The molecular weight excluding hydrogens is 214 g/mol. The van der Waals surface area contributed by atoms with Gasteiger partial charge in [0.05, 0.1) is 6.54 Å². The van der Waals surface area contributed by atoms with Crippen molar-refractivity contribution in [1.29, 1.82) is 0 Å². The molecule has 1 aromatic rings. The van der Waals surface area contributed by atoms with Crippen LogP contribution < -0.4 is 10.6 Å². The first kappa shape index (κ1) is 11.8. The van der Waals surface area contributed by atoms with Crippen molar-refractivity contribution in [1.82, 2.24) is 0 Å². The highest BCUT2D eigenvalue weighted by Crippen LogP contribution is 2.24. The second-order valence-electron chi connectivity index (χ2n) is 4.22. The molecule has 0 saturated carbocycles. The predicted molar refractivity (Wildman–Crippen MR) is 70.5 cm³/mol. The van der Waals surface area contributed by atoms with Crippen molar-refractivity contribution in [2.24, 2.45) is 10.7 Å². The number of rotatable bonds is 0. The number of para-hydroxylation sites is 1. The molecule has 2 aliphatic heterocycles. The SMILES string of the molecule is CN1CCCc2ccccc21.NC1=NCCO1. The third-order valence-electron chi connectivity index (χ3n) is 2.95. The van der Waals surface area contributed by atoms with Crippen molar-refractivity contribution < 1.29 is 4.74 Å². The fraction of sp³-hybridized carbons (Fsp3) is 0.462. The van der Waals surface area contributed by atoms with Crippen LogP contribution in [-0.4, -0.2) is 32.8 Å². The number of nitrogens with two attached hydrogens (primary N) is 1. The largest absolute Gasteiger partial charge is 0.463 e. The van der Waals surface area contributed by atoms with Gasteiger partial charge in [0.15, 0.2) is 0 Å². The summed E-state index contributed by atoms with van der Waals surface area (Å²) in [7, 11) is 2.16. The first-order chi connectivity index (χ1) is 8.27. The van der Waals surface area contributed by atoms with Crippen molar-refractivity contribution >= 4 is 11.7 Å². The number of nitrogens with zero attached hydrogens (tertiary/aromatic N) is 2. The molecule has 2 heterocycles. The van der Waals surface area contributed by atoms with Crippen LogP contribution in [0.3, 0.4) is 0 Å². The van der Waals surface area contributed by atoms with E-state index in [1.807, 2.05) is 0 Å². The highest BCUT2D eigenvalue weighted by molar-refractivity contribution is 5.72. The Kier molecular flexibility index (Phi) is 3.85. The Morgan fingerprint density at radius 1 is 1.35 bits per heavy atom. The molecule has 17 heavy (non-hydrogen) atoms. The molecule has 0 saturated heterocycles. The summed E-state index contributed by atoms with van der Waals surface area (Å²) in [5, 5.41) is 0. The summed E-state index contributed by atoms with van der Waals surface area (Å²) >= 11 is 0. The van der Waals surface area contributed by atoms with E-state index < -0.39 is 0 Å². The van der Waals surface area contributed by atoms with Gasteiger partial charge in [0, 0.05) is 19.3 Å². The smallest absolute Gasteiger partial charge is 0.282 e. The average molecular weight is 233 g/mol. The van der Waals surface area contributed by atoms with E-state index in [1.165, 1.54) is 30.6 Å². The fourth-order valence-electron chi connectivity index (χ4n) is 2.07. The fourth-order valence-corrected chi connectivity index (χ4v) is 2.07. The van der Waals surface area contributed by atoms with Gasteiger partial charge in [0.1, 0.15) is 6.61 Å². The number of benzene rings is 1. The van der Waals surface area contributed by atoms with E-state index in [2.05, 4.69) is 45.9 Å². The van der Waals surface area contributed by atoms with Gasteiger partial charge in [0.25, 0.3) is 6.02 Å². The maximum Gasteiger partial charge on any atom is 0.282 e. The maximum atomic E-state index is 5.06. The van der Waals surface area contributed by atoms with Crippen LogP contribution in [0.5, 0.6) is 0 Å². The monoisotopic (exact) mass is 233 g/mol. The molecule has 0 spiro atoms. The van der Waals surface area contributed by atoms with E-state index in [4.69, 9.17) is 5.73 Å². The lowest BCUT2D eigenvalue weighted by atomic mass is 10.0. The predicted octanol–water partition coefficient (Wildman–Crippen LogP) is 1.40. The highest BCUT2D eigenvalue weighted by atomic mass is 16.5. The van der Waals surface area contributed by atoms with Crippen molar-refractivity contribution in [2.75, 3.05) is 31.6 Å². The first-order valence-electron chi connectivity index (χ1n) is 5.99. The Hall–Kier alpha value is -1.71. The summed E-state index contributed by atoms with van der Waals surface area (Å²) in [6, 6.07) is 8.99. The van der Waals surface area contributed by atoms with Crippen LogP contribution in [-0.2, 0) is 11.2 Å². The maximum absolute atomic E-state index is 5.06. The van der Waals surface area contributed by atoms with Gasteiger partial charge >= 0.3 is 0 Å². The molecule has 0 radical (unpaired) electrons. The topological polar surface area (TPSA) is 50.8 Å². The van der Waals surface area contributed by atoms with Crippen molar-refractivity contribution in [3.05, 3.63) is 29.8 Å². The zero-order valence-electron chi connectivity index (χ0n) is 10.2. The molecule has 3 rings (SSSR count). The van der Waals surface area contributed by atoms with Gasteiger partial charge in [-0.05, 0) is 24.5 Å². The minimum Gasteiger partial charge on any atom is -0.463 e. The molecule has 0 aliphatic carbocycles. The average Bonchev–Trinajstić information content (AvgIpc) is 2.82. The van der Waals surface area contributed by atoms with E-state index in [0.29, 0.717) is 12.6 Å². The quantitative estimate of drug-likeness (QED) is 0.737. The van der Waals surface area contributed by atoms with Crippen molar-refractivity contribution in [2.45, 2.75) is 12.8 Å². The molecule has 2 N–H and O–H groups in total. The minimum atomic E-state index is 0.329. The number of hydrogen-bond acceptors (Lipinski definition) is 4. The summed E-state index contributed by atoms with van der Waals surface area (Å²) in [5.41, 5.74) is 7.98. The number of anilines is 1. The molecule has 0 unspecified atom stereocenters. The molecule has 4 nitrogen and oxygen atoms in total. The minimum absolute atomic E-state index is 0.329. The summed E-state index contributed by atoms with van der Waals surface area (Å²) in [6.45, 7) is 2.59. The van der Waals surface area contributed by atoms with Gasteiger partial charge in [-0.15, -0.1) is 0 Å². The van der Waals surface area contributed by atoms with Gasteiger partial charge in [-0.2, -0.15) is 0 Å². The first-order valence-corrected chi connectivity index (χ1v) is 5.99. The summed E-state index contributed by atoms with van der Waals surface area (Å²) in [5.74, 6) is 0. The second kappa shape index (κ2) is 5.57. The molecule has 0 aromatic heterocycles. The lowest BCUT2D eigenvalue weighted by molar-refractivity contribution is 0.342. The number of aliphatic imine (C=N–C) groups is 1. The number of amidine groups is 1. The lowest BCUT2D eigenvalue weighted by Gasteiger charge is -2.26. The molecule has 0 fully saturated rings. The van der Waals surface area contributed by atoms with Crippen LogP contribution in [0.1, 0.15) is 12.0 Å². The zero-order chi connectivity index (χ0) is 12.1. The van der Waals surface area contributed by atoms with Crippen molar-refractivity contribution in [3.63, 3.8) is 0 Å². The summed E-state index contributed by atoms with van der Waals surface area (Å²) in [6.07, 6.45) is 2.55.